The number of hydrogen-bond acceptors (Lipinski definition) is 5. The Hall–Kier alpha value is -4.33. The standard InChI is InChI=1S/C23H19N7O/c1-15-19(22(31)27-18-10-6-12-25-14-18)20(17-9-5-11-24-13-17)30-23(26-15)28-21(29-30)16-7-3-2-4-8-16/h2-14,20H,1H3,(H2,26,27,28,29,31)/p+1. The van der Waals surface area contributed by atoms with Gasteiger partial charge in [-0.15, -0.1) is 4.68 Å². The zero-order valence-electron chi connectivity index (χ0n) is 16.8. The maximum Gasteiger partial charge on any atom is 0.417 e. The SMILES string of the molecule is CC1=C(C(=O)Nc2cccnc2)C(c2cccnc2)[n+]2[nH]c(-c3ccccc3)nc2N1. The molecule has 0 aliphatic carbocycles. The molecule has 0 fully saturated rings. The van der Waals surface area contributed by atoms with Crippen molar-refractivity contribution in [3.8, 4) is 11.4 Å². The van der Waals surface area contributed by atoms with Gasteiger partial charge in [-0.3, -0.25) is 14.8 Å². The van der Waals surface area contributed by atoms with Gasteiger partial charge in [-0.25, -0.2) is 10.4 Å². The molecule has 152 valence electrons. The normalized spacial score (nSPS) is 15.2. The van der Waals surface area contributed by atoms with Crippen LogP contribution in [0.15, 0.2) is 90.7 Å². The quantitative estimate of drug-likeness (QED) is 0.449. The van der Waals surface area contributed by atoms with Gasteiger partial charge < -0.3 is 5.32 Å². The first-order chi connectivity index (χ1) is 15.2. The van der Waals surface area contributed by atoms with Crippen LogP contribution in [-0.4, -0.2) is 26.0 Å². The third-order valence-electron chi connectivity index (χ3n) is 5.12. The van der Waals surface area contributed by atoms with Gasteiger partial charge in [0, 0.05) is 29.7 Å². The predicted molar refractivity (Wildman–Crippen MR) is 116 cm³/mol. The predicted octanol–water partition coefficient (Wildman–Crippen LogP) is 3.08. The number of carbonyl (C=O) groups is 1. The second-order valence-corrected chi connectivity index (χ2v) is 7.18. The Labute approximate surface area is 178 Å². The molecule has 1 unspecified atom stereocenters. The van der Waals surface area contributed by atoms with E-state index in [1.807, 2.05) is 54.1 Å². The molecule has 1 aliphatic heterocycles. The number of amides is 1. The third kappa shape index (κ3) is 3.55. The molecule has 1 amide bonds. The summed E-state index contributed by atoms with van der Waals surface area (Å²) in [5, 5.41) is 9.57. The summed E-state index contributed by atoms with van der Waals surface area (Å²) >= 11 is 0. The van der Waals surface area contributed by atoms with Crippen molar-refractivity contribution in [2.75, 3.05) is 10.6 Å². The molecule has 4 heterocycles. The van der Waals surface area contributed by atoms with Gasteiger partial charge in [0.15, 0.2) is 6.04 Å². The van der Waals surface area contributed by atoms with Gasteiger partial charge >= 0.3 is 5.95 Å². The molecule has 0 saturated carbocycles. The minimum Gasteiger partial charge on any atom is -0.321 e. The second-order valence-electron chi connectivity index (χ2n) is 7.18. The number of nitrogens with one attached hydrogen (secondary N) is 3. The molecule has 3 aromatic heterocycles. The summed E-state index contributed by atoms with van der Waals surface area (Å²) in [6, 6.07) is 16.8. The molecule has 1 atom stereocenters. The fourth-order valence-electron chi connectivity index (χ4n) is 3.70. The molecule has 3 N–H and O–H groups in total. The molecule has 1 aromatic carbocycles. The molecular formula is C23H20N7O+. The summed E-state index contributed by atoms with van der Waals surface area (Å²) in [6.45, 7) is 1.88. The van der Waals surface area contributed by atoms with E-state index in [0.29, 0.717) is 23.0 Å². The topological polar surface area (TPSA) is 99.5 Å². The van der Waals surface area contributed by atoms with Gasteiger partial charge in [0.1, 0.15) is 0 Å². The molecule has 5 rings (SSSR count). The minimum atomic E-state index is -0.424. The van der Waals surface area contributed by atoms with E-state index in [0.717, 1.165) is 16.8 Å². The first-order valence-corrected chi connectivity index (χ1v) is 9.87. The fraction of sp³-hybridized carbons (Fsp3) is 0.0870. The van der Waals surface area contributed by atoms with Crippen molar-refractivity contribution < 1.29 is 9.48 Å². The van der Waals surface area contributed by atoms with Crippen molar-refractivity contribution in [3.63, 3.8) is 0 Å². The lowest BCUT2D eigenvalue weighted by Crippen LogP contribution is -2.50. The number of benzene rings is 1. The molecule has 0 saturated heterocycles. The number of nitrogens with zero attached hydrogens (tertiary/aromatic N) is 4. The van der Waals surface area contributed by atoms with Crippen molar-refractivity contribution in [2.45, 2.75) is 13.0 Å². The Morgan fingerprint density at radius 2 is 1.77 bits per heavy atom. The Morgan fingerprint density at radius 1 is 1.00 bits per heavy atom. The number of aromatic nitrogens is 5. The van der Waals surface area contributed by atoms with Gasteiger partial charge in [-0.05, 0) is 42.2 Å². The van der Waals surface area contributed by atoms with Gasteiger partial charge in [0.2, 0.25) is 5.82 Å². The van der Waals surface area contributed by atoms with Crippen molar-refractivity contribution in [1.29, 1.82) is 0 Å². The lowest BCUT2D eigenvalue weighted by Gasteiger charge is -2.23. The van der Waals surface area contributed by atoms with Crippen LogP contribution in [0, 0.1) is 0 Å². The zero-order chi connectivity index (χ0) is 21.2. The molecule has 0 radical (unpaired) electrons. The van der Waals surface area contributed by atoms with Crippen LogP contribution in [0.5, 0.6) is 0 Å². The largest absolute Gasteiger partial charge is 0.417 e. The van der Waals surface area contributed by atoms with Gasteiger partial charge in [0.25, 0.3) is 5.91 Å². The average molecular weight is 410 g/mol. The number of carbonyl (C=O) groups excluding carboxylic acids is 1. The molecular weight excluding hydrogens is 390 g/mol. The van der Waals surface area contributed by atoms with Crippen LogP contribution in [0.1, 0.15) is 18.5 Å². The Bertz CT molecular complexity index is 1250. The van der Waals surface area contributed by atoms with Crippen molar-refractivity contribution in [1.82, 2.24) is 20.1 Å². The smallest absolute Gasteiger partial charge is 0.321 e. The van der Waals surface area contributed by atoms with Gasteiger partial charge in [-0.1, -0.05) is 24.3 Å². The Morgan fingerprint density at radius 3 is 2.48 bits per heavy atom. The summed E-state index contributed by atoms with van der Waals surface area (Å²) in [6.07, 6.45) is 6.76. The molecule has 8 heteroatoms. The van der Waals surface area contributed by atoms with Crippen molar-refractivity contribution in [2.24, 2.45) is 0 Å². The third-order valence-corrected chi connectivity index (χ3v) is 5.12. The molecule has 31 heavy (non-hydrogen) atoms. The van der Waals surface area contributed by atoms with Gasteiger partial charge in [0.05, 0.1) is 23.2 Å². The van der Waals surface area contributed by atoms with Crippen LogP contribution in [0.3, 0.4) is 0 Å². The highest BCUT2D eigenvalue weighted by Crippen LogP contribution is 2.30. The number of H-pyrrole nitrogens is 1. The summed E-state index contributed by atoms with van der Waals surface area (Å²) in [4.78, 5) is 26.4. The van der Waals surface area contributed by atoms with E-state index in [1.54, 1.807) is 36.9 Å². The molecule has 0 bridgehead atoms. The molecule has 8 nitrogen and oxygen atoms in total. The van der Waals surface area contributed by atoms with E-state index in [4.69, 9.17) is 4.98 Å². The zero-order valence-corrected chi connectivity index (χ0v) is 16.8. The van der Waals surface area contributed by atoms with Crippen LogP contribution >= 0.6 is 0 Å². The van der Waals surface area contributed by atoms with E-state index in [-0.39, 0.29) is 5.91 Å². The second kappa shape index (κ2) is 7.83. The number of hydrogen-bond donors (Lipinski definition) is 3. The molecule has 4 aromatic rings. The number of allylic oxidation sites excluding steroid dienone is 1. The highest BCUT2D eigenvalue weighted by Gasteiger charge is 2.39. The summed E-state index contributed by atoms with van der Waals surface area (Å²) in [7, 11) is 0. The first kappa shape index (κ1) is 18.7. The highest BCUT2D eigenvalue weighted by atomic mass is 16.1. The maximum atomic E-state index is 13.3. The van der Waals surface area contributed by atoms with Crippen molar-refractivity contribution >= 4 is 17.5 Å². The number of fused-ring (bicyclic) bond motifs is 1. The lowest BCUT2D eigenvalue weighted by molar-refractivity contribution is -0.746. The highest BCUT2D eigenvalue weighted by molar-refractivity contribution is 6.05. The van der Waals surface area contributed by atoms with E-state index in [2.05, 4.69) is 25.7 Å². The van der Waals surface area contributed by atoms with E-state index in [1.165, 1.54) is 0 Å². The van der Waals surface area contributed by atoms with E-state index in [9.17, 15) is 4.79 Å². The fourth-order valence-corrected chi connectivity index (χ4v) is 3.70. The first-order valence-electron chi connectivity index (χ1n) is 9.87. The summed E-state index contributed by atoms with van der Waals surface area (Å²) in [5.74, 6) is 1.11. The maximum absolute atomic E-state index is 13.3. The summed E-state index contributed by atoms with van der Waals surface area (Å²) < 4.78 is 1.87. The molecule has 1 aliphatic rings. The van der Waals surface area contributed by atoms with Crippen LogP contribution in [0.4, 0.5) is 11.6 Å². The van der Waals surface area contributed by atoms with Gasteiger partial charge in [-0.2, -0.15) is 0 Å². The summed E-state index contributed by atoms with van der Waals surface area (Å²) in [5.41, 5.74) is 3.74. The van der Waals surface area contributed by atoms with Crippen LogP contribution in [0.2, 0.25) is 0 Å². The average Bonchev–Trinajstić information content (AvgIpc) is 3.23. The van der Waals surface area contributed by atoms with Crippen LogP contribution < -0.4 is 15.3 Å². The number of pyridine rings is 2. The van der Waals surface area contributed by atoms with E-state index >= 15 is 0 Å². The Balaban J connectivity index is 1.60. The molecule has 0 spiro atoms. The van der Waals surface area contributed by atoms with E-state index < -0.39 is 6.04 Å². The van der Waals surface area contributed by atoms with Crippen LogP contribution in [-0.2, 0) is 4.79 Å². The monoisotopic (exact) mass is 410 g/mol. The van der Waals surface area contributed by atoms with Crippen LogP contribution in [0.25, 0.3) is 11.4 Å². The number of rotatable bonds is 4. The number of aromatic amines is 1. The Kier molecular flexibility index (Phi) is 4.72. The number of anilines is 2. The lowest BCUT2D eigenvalue weighted by atomic mass is 9.96. The minimum absolute atomic E-state index is 0.221. The van der Waals surface area contributed by atoms with Crippen molar-refractivity contribution in [3.05, 3.63) is 96.2 Å².